The number of hydrogen-bond donors (Lipinski definition) is 0. The number of rotatable bonds is 7. The Labute approximate surface area is 181 Å². The standard InChI is InChI=1S/C23H28BrN3O2/c1-17-15-26-27(22-9-2-3-12-29-22)23(17)21-11-10-20(16-25-21)28-13-5-7-18-6-4-8-19(24)14-18/h4,6,8,10-11,14-17,22-23H,2-3,5,7,9,12-13H2,1H3. The molecule has 1 aromatic heterocycles. The molecule has 6 heteroatoms. The summed E-state index contributed by atoms with van der Waals surface area (Å²) in [5.41, 5.74) is 2.34. The van der Waals surface area contributed by atoms with Gasteiger partial charge in [0.05, 0.1) is 24.5 Å². The highest BCUT2D eigenvalue weighted by molar-refractivity contribution is 9.10. The summed E-state index contributed by atoms with van der Waals surface area (Å²) in [6.07, 6.45) is 9.23. The number of hydrogen-bond acceptors (Lipinski definition) is 5. The molecule has 0 aliphatic carbocycles. The van der Waals surface area contributed by atoms with E-state index in [1.807, 2.05) is 24.5 Å². The lowest BCUT2D eigenvalue weighted by Crippen LogP contribution is -2.38. The van der Waals surface area contributed by atoms with Gasteiger partial charge in [-0.2, -0.15) is 5.10 Å². The first-order chi connectivity index (χ1) is 14.2. The minimum absolute atomic E-state index is 0.0608. The molecule has 1 fully saturated rings. The van der Waals surface area contributed by atoms with Crippen molar-refractivity contribution in [1.82, 2.24) is 9.99 Å². The Morgan fingerprint density at radius 2 is 2.17 bits per heavy atom. The summed E-state index contributed by atoms with van der Waals surface area (Å²) in [5.74, 6) is 1.13. The summed E-state index contributed by atoms with van der Waals surface area (Å²) in [4.78, 5) is 4.70. The van der Waals surface area contributed by atoms with Crippen LogP contribution in [0, 0.1) is 5.92 Å². The van der Waals surface area contributed by atoms with Gasteiger partial charge < -0.3 is 9.47 Å². The van der Waals surface area contributed by atoms with Crippen molar-refractivity contribution in [3.63, 3.8) is 0 Å². The highest BCUT2D eigenvalue weighted by atomic mass is 79.9. The van der Waals surface area contributed by atoms with E-state index in [9.17, 15) is 0 Å². The number of ether oxygens (including phenoxy) is 2. The summed E-state index contributed by atoms with van der Waals surface area (Å²) in [6.45, 7) is 3.68. The van der Waals surface area contributed by atoms with Crippen LogP contribution in [0.25, 0.3) is 0 Å². The first-order valence-corrected chi connectivity index (χ1v) is 11.3. The minimum Gasteiger partial charge on any atom is -0.492 e. The Bertz CT molecular complexity index is 821. The summed E-state index contributed by atoms with van der Waals surface area (Å²) < 4.78 is 13.0. The molecule has 0 N–H and O–H groups in total. The zero-order valence-corrected chi connectivity index (χ0v) is 18.4. The molecule has 0 saturated carbocycles. The Morgan fingerprint density at radius 3 is 2.93 bits per heavy atom. The third-order valence-electron chi connectivity index (χ3n) is 5.50. The molecule has 2 aliphatic rings. The molecule has 1 aromatic carbocycles. The van der Waals surface area contributed by atoms with Crippen molar-refractivity contribution in [1.29, 1.82) is 0 Å². The van der Waals surface area contributed by atoms with Crippen LogP contribution >= 0.6 is 15.9 Å². The molecule has 2 aromatic rings. The van der Waals surface area contributed by atoms with Crippen molar-refractivity contribution in [3.8, 4) is 5.75 Å². The molecule has 29 heavy (non-hydrogen) atoms. The van der Waals surface area contributed by atoms with Crippen molar-refractivity contribution in [2.24, 2.45) is 11.0 Å². The maximum atomic E-state index is 5.95. The summed E-state index contributed by atoms with van der Waals surface area (Å²) in [7, 11) is 0. The zero-order valence-electron chi connectivity index (χ0n) is 16.8. The number of aryl methyl sites for hydroxylation is 1. The van der Waals surface area contributed by atoms with Gasteiger partial charge in [-0.3, -0.25) is 9.99 Å². The van der Waals surface area contributed by atoms with Gasteiger partial charge in [0.2, 0.25) is 0 Å². The maximum Gasteiger partial charge on any atom is 0.146 e. The zero-order chi connectivity index (χ0) is 20.1. The minimum atomic E-state index is 0.0608. The van der Waals surface area contributed by atoms with Crippen molar-refractivity contribution >= 4 is 22.1 Å². The van der Waals surface area contributed by atoms with E-state index >= 15 is 0 Å². The number of nitrogens with zero attached hydrogens (tertiary/aromatic N) is 3. The molecule has 0 radical (unpaired) electrons. The van der Waals surface area contributed by atoms with Crippen LogP contribution < -0.4 is 4.74 Å². The summed E-state index contributed by atoms with van der Waals surface area (Å²) in [6, 6.07) is 12.6. The average Bonchev–Trinajstić information content (AvgIpc) is 3.14. The number of benzene rings is 1. The van der Waals surface area contributed by atoms with E-state index in [4.69, 9.17) is 14.5 Å². The van der Waals surface area contributed by atoms with Gasteiger partial charge in [0, 0.05) is 23.2 Å². The Balaban J connectivity index is 1.31. The van der Waals surface area contributed by atoms with Crippen molar-refractivity contribution in [2.45, 2.75) is 51.3 Å². The highest BCUT2D eigenvalue weighted by Crippen LogP contribution is 2.36. The first kappa shape index (κ1) is 20.4. The molecule has 0 amide bonds. The summed E-state index contributed by atoms with van der Waals surface area (Å²) in [5, 5.41) is 6.73. The van der Waals surface area contributed by atoms with Crippen LogP contribution in [0.1, 0.15) is 49.9 Å². The van der Waals surface area contributed by atoms with Crippen LogP contribution in [0.4, 0.5) is 0 Å². The molecule has 1 saturated heterocycles. The van der Waals surface area contributed by atoms with E-state index in [-0.39, 0.29) is 12.3 Å². The van der Waals surface area contributed by atoms with Gasteiger partial charge in [-0.1, -0.05) is 35.0 Å². The Hall–Kier alpha value is -1.92. The van der Waals surface area contributed by atoms with E-state index in [0.29, 0.717) is 12.5 Å². The smallest absolute Gasteiger partial charge is 0.146 e. The molecular formula is C23H28BrN3O2. The molecule has 0 spiro atoms. The molecular weight excluding hydrogens is 430 g/mol. The lowest BCUT2D eigenvalue weighted by molar-refractivity contribution is -0.102. The second-order valence-corrected chi connectivity index (χ2v) is 8.69. The SMILES string of the molecule is CC1C=NN(C2CCCCO2)C1c1ccc(OCCCc2cccc(Br)c2)cn1. The molecule has 4 rings (SSSR count). The molecule has 0 bridgehead atoms. The molecule has 2 aliphatic heterocycles. The van der Waals surface area contributed by atoms with Gasteiger partial charge in [0.15, 0.2) is 0 Å². The maximum absolute atomic E-state index is 5.95. The Morgan fingerprint density at radius 1 is 1.24 bits per heavy atom. The third-order valence-corrected chi connectivity index (χ3v) is 5.99. The third kappa shape index (κ3) is 5.17. The monoisotopic (exact) mass is 457 g/mol. The number of pyridine rings is 1. The van der Waals surface area contributed by atoms with Crippen LogP contribution in [-0.4, -0.2) is 35.6 Å². The van der Waals surface area contributed by atoms with Crippen LogP contribution in [0.15, 0.2) is 52.2 Å². The van der Waals surface area contributed by atoms with Crippen LogP contribution in [0.2, 0.25) is 0 Å². The predicted octanol–water partition coefficient (Wildman–Crippen LogP) is 5.36. The van der Waals surface area contributed by atoms with E-state index in [2.05, 4.69) is 57.2 Å². The summed E-state index contributed by atoms with van der Waals surface area (Å²) >= 11 is 3.52. The number of hydrazone groups is 1. The van der Waals surface area contributed by atoms with Gasteiger partial charge in [0.1, 0.15) is 12.0 Å². The average molecular weight is 458 g/mol. The quantitative estimate of drug-likeness (QED) is 0.524. The molecule has 3 unspecified atom stereocenters. The lowest BCUT2D eigenvalue weighted by Gasteiger charge is -2.35. The van der Waals surface area contributed by atoms with Gasteiger partial charge in [-0.25, -0.2) is 0 Å². The number of aromatic nitrogens is 1. The lowest BCUT2D eigenvalue weighted by atomic mass is 9.99. The van der Waals surface area contributed by atoms with Gasteiger partial charge in [-0.05, 0) is 61.9 Å². The largest absolute Gasteiger partial charge is 0.492 e. The molecule has 5 nitrogen and oxygen atoms in total. The molecule has 3 atom stereocenters. The van der Waals surface area contributed by atoms with Crippen molar-refractivity contribution < 1.29 is 9.47 Å². The van der Waals surface area contributed by atoms with Gasteiger partial charge >= 0.3 is 0 Å². The van der Waals surface area contributed by atoms with Gasteiger partial charge in [-0.15, -0.1) is 0 Å². The second kappa shape index (κ2) is 9.72. The first-order valence-electron chi connectivity index (χ1n) is 10.5. The fourth-order valence-electron chi connectivity index (χ4n) is 3.98. The van der Waals surface area contributed by atoms with Crippen molar-refractivity contribution in [2.75, 3.05) is 13.2 Å². The fraction of sp³-hybridized carbons (Fsp3) is 0.478. The predicted molar refractivity (Wildman–Crippen MR) is 118 cm³/mol. The van der Waals surface area contributed by atoms with E-state index in [1.54, 1.807) is 0 Å². The van der Waals surface area contributed by atoms with Crippen LogP contribution in [0.5, 0.6) is 5.75 Å². The second-order valence-electron chi connectivity index (χ2n) is 7.77. The van der Waals surface area contributed by atoms with E-state index < -0.39 is 0 Å². The van der Waals surface area contributed by atoms with Crippen molar-refractivity contribution in [3.05, 3.63) is 58.3 Å². The number of halogens is 1. The molecule has 154 valence electrons. The van der Waals surface area contributed by atoms with Gasteiger partial charge in [0.25, 0.3) is 0 Å². The topological polar surface area (TPSA) is 47.0 Å². The Kier molecular flexibility index (Phi) is 6.82. The molecule has 3 heterocycles. The van der Waals surface area contributed by atoms with E-state index in [0.717, 1.165) is 48.2 Å². The van der Waals surface area contributed by atoms with E-state index in [1.165, 1.54) is 12.0 Å². The highest BCUT2D eigenvalue weighted by Gasteiger charge is 2.36. The normalized spacial score (nSPS) is 24.1. The van der Waals surface area contributed by atoms with Crippen LogP contribution in [-0.2, 0) is 11.2 Å². The fourth-order valence-corrected chi connectivity index (χ4v) is 4.42. The van der Waals surface area contributed by atoms with Crippen LogP contribution in [0.3, 0.4) is 0 Å².